The van der Waals surface area contributed by atoms with Crippen LogP contribution in [-0.2, 0) is 32.7 Å². The van der Waals surface area contributed by atoms with Crippen molar-refractivity contribution in [3.63, 3.8) is 0 Å². The largest absolute Gasteiger partial charge is 0.490 e. The normalized spacial score (nSPS) is 14.0. The third-order valence-electron chi connectivity index (χ3n) is 3.09. The first-order valence-corrected chi connectivity index (χ1v) is 7.37. The van der Waals surface area contributed by atoms with Crippen LogP contribution in [0, 0.1) is 11.9 Å². The van der Waals surface area contributed by atoms with Crippen LogP contribution < -0.4 is 4.74 Å². The molecule has 0 spiro atoms. The molecule has 113 valence electrons. The molecule has 0 unspecified atom stereocenters. The molecular formula is C17H16BrFNOY-. The number of likely N-dealkylation sites (N-methyl/N-ethyl adjacent to an activating group) is 1. The molecule has 1 aromatic rings. The van der Waals surface area contributed by atoms with Gasteiger partial charge < -0.3 is 9.64 Å². The fourth-order valence-electron chi connectivity index (χ4n) is 2.06. The van der Waals surface area contributed by atoms with Gasteiger partial charge in [-0.2, -0.15) is 12.2 Å². The molecule has 0 bridgehead atoms. The zero-order chi connectivity index (χ0) is 15.4. The molecule has 0 N–H and O–H groups in total. The van der Waals surface area contributed by atoms with E-state index in [1.54, 1.807) is 24.3 Å². The van der Waals surface area contributed by atoms with E-state index in [9.17, 15) is 4.39 Å². The zero-order valence-electron chi connectivity index (χ0n) is 12.4. The summed E-state index contributed by atoms with van der Waals surface area (Å²) in [6, 6.07) is 4.80. The molecule has 2 rings (SSSR count). The Morgan fingerprint density at radius 2 is 2.18 bits per heavy atom. The van der Waals surface area contributed by atoms with Gasteiger partial charge in [0.2, 0.25) is 0 Å². The van der Waals surface area contributed by atoms with E-state index in [2.05, 4.69) is 35.2 Å². The van der Waals surface area contributed by atoms with Gasteiger partial charge in [0.05, 0.1) is 5.82 Å². The van der Waals surface area contributed by atoms with Crippen molar-refractivity contribution >= 4 is 21.6 Å². The van der Waals surface area contributed by atoms with Gasteiger partial charge in [0.15, 0.2) is 0 Å². The average Bonchev–Trinajstić information content (AvgIpc) is 2.48. The maximum atomic E-state index is 14.3. The topological polar surface area (TPSA) is 12.5 Å². The molecule has 1 heterocycles. The van der Waals surface area contributed by atoms with Gasteiger partial charge in [-0.1, -0.05) is 35.0 Å². The molecule has 22 heavy (non-hydrogen) atoms. The van der Waals surface area contributed by atoms with Gasteiger partial charge in [0, 0.05) is 45.3 Å². The molecule has 1 aromatic carbocycles. The first-order valence-electron chi connectivity index (χ1n) is 6.58. The van der Waals surface area contributed by atoms with Crippen LogP contribution in [0.5, 0.6) is 5.75 Å². The van der Waals surface area contributed by atoms with E-state index in [0.29, 0.717) is 30.2 Å². The summed E-state index contributed by atoms with van der Waals surface area (Å²) in [6.45, 7) is 10.6. The van der Waals surface area contributed by atoms with Crippen LogP contribution in [0.15, 0.2) is 53.7 Å². The van der Waals surface area contributed by atoms with Crippen LogP contribution in [0.2, 0.25) is 0 Å². The summed E-state index contributed by atoms with van der Waals surface area (Å²) in [5, 5.41) is 0. The molecule has 5 heteroatoms. The second-order valence-corrected chi connectivity index (χ2v) is 5.27. The second-order valence-electron chi connectivity index (χ2n) is 4.42. The van der Waals surface area contributed by atoms with Crippen LogP contribution in [0.4, 0.5) is 4.39 Å². The summed E-state index contributed by atoms with van der Waals surface area (Å²) in [4.78, 5) is 1.91. The maximum absolute atomic E-state index is 14.3. The standard InChI is InChI=1S/C17H16BrFNO.Y/c1-4-10-21-13-6-7-14(16(19)11-13)17-9-8-15(18)12(3)20(17)5-2;/h4,6-8,11H,1,3,5,10H2,2H3;/q-1;. The predicted octanol–water partition coefficient (Wildman–Crippen LogP) is 4.66. The number of allylic oxidation sites excluding steroid dienone is 3. The smallest absolute Gasteiger partial charge is 0.120 e. The Kier molecular flexibility index (Phi) is 7.74. The van der Waals surface area contributed by atoms with Gasteiger partial charge in [-0.05, 0) is 18.7 Å². The van der Waals surface area contributed by atoms with Crippen LogP contribution in [-0.4, -0.2) is 18.1 Å². The van der Waals surface area contributed by atoms with Crippen molar-refractivity contribution < 1.29 is 41.8 Å². The van der Waals surface area contributed by atoms with E-state index in [1.165, 1.54) is 6.07 Å². The summed E-state index contributed by atoms with van der Waals surface area (Å²) in [5.41, 5.74) is 1.93. The van der Waals surface area contributed by atoms with Crippen molar-refractivity contribution in [3.8, 4) is 5.75 Å². The molecule has 0 saturated carbocycles. The average molecular weight is 438 g/mol. The number of ether oxygens (including phenoxy) is 1. The quantitative estimate of drug-likeness (QED) is 0.490. The maximum Gasteiger partial charge on any atom is 0.120 e. The molecule has 1 aliphatic heterocycles. The van der Waals surface area contributed by atoms with Crippen LogP contribution >= 0.6 is 15.9 Å². The van der Waals surface area contributed by atoms with Crippen molar-refractivity contribution in [2.24, 2.45) is 0 Å². The van der Waals surface area contributed by atoms with Crippen molar-refractivity contribution in [3.05, 3.63) is 71.1 Å². The molecule has 0 fully saturated rings. The molecule has 1 radical (unpaired) electrons. The minimum Gasteiger partial charge on any atom is -0.490 e. The van der Waals surface area contributed by atoms with E-state index in [-0.39, 0.29) is 38.5 Å². The Balaban J connectivity index is 0.00000242. The molecule has 0 aromatic heterocycles. The van der Waals surface area contributed by atoms with E-state index in [4.69, 9.17) is 4.74 Å². The number of hydrogen-bond acceptors (Lipinski definition) is 2. The second kappa shape index (κ2) is 8.80. The summed E-state index contributed by atoms with van der Waals surface area (Å²) in [5.74, 6) is 0.128. The van der Waals surface area contributed by atoms with Gasteiger partial charge in [-0.3, -0.25) is 0 Å². The first-order chi connectivity index (χ1) is 10.1. The summed E-state index contributed by atoms with van der Waals surface area (Å²) in [7, 11) is 0. The van der Waals surface area contributed by atoms with Gasteiger partial charge in [-0.25, -0.2) is 4.39 Å². The van der Waals surface area contributed by atoms with Crippen LogP contribution in [0.3, 0.4) is 0 Å². The summed E-state index contributed by atoms with van der Waals surface area (Å²) >= 11 is 3.41. The van der Waals surface area contributed by atoms with Gasteiger partial charge in [0.1, 0.15) is 12.4 Å². The Morgan fingerprint density at radius 3 is 2.77 bits per heavy atom. The first kappa shape index (κ1) is 19.3. The van der Waals surface area contributed by atoms with Crippen molar-refractivity contribution in [1.29, 1.82) is 0 Å². The van der Waals surface area contributed by atoms with Crippen molar-refractivity contribution in [2.75, 3.05) is 13.2 Å². The number of hydrogen-bond donors (Lipinski definition) is 0. The van der Waals surface area contributed by atoms with Gasteiger partial charge in [0.25, 0.3) is 0 Å². The minimum absolute atomic E-state index is 0. The van der Waals surface area contributed by atoms with Gasteiger partial charge in [-0.15, -0.1) is 22.0 Å². The number of benzene rings is 1. The third kappa shape index (κ3) is 4.18. The SMILES string of the molecule is C=CCOc1ccc(C2=[C-]C=C(Br)C(=C)N2CC)c(F)c1.[Y]. The Bertz CT molecular complexity index is 640. The predicted molar refractivity (Wildman–Crippen MR) is 87.3 cm³/mol. The minimum atomic E-state index is -0.350. The van der Waals surface area contributed by atoms with Crippen LogP contribution in [0.1, 0.15) is 12.5 Å². The molecule has 1 aliphatic rings. The fourth-order valence-corrected chi connectivity index (χ4v) is 2.39. The van der Waals surface area contributed by atoms with E-state index < -0.39 is 0 Å². The van der Waals surface area contributed by atoms with Crippen molar-refractivity contribution in [2.45, 2.75) is 6.92 Å². The zero-order valence-corrected chi connectivity index (χ0v) is 16.8. The summed E-state index contributed by atoms with van der Waals surface area (Å²) in [6.07, 6.45) is 6.47. The fraction of sp³-hybridized carbons (Fsp3) is 0.176. The van der Waals surface area contributed by atoms with Gasteiger partial charge >= 0.3 is 0 Å². The summed E-state index contributed by atoms with van der Waals surface area (Å²) < 4.78 is 20.5. The Morgan fingerprint density at radius 1 is 1.45 bits per heavy atom. The Labute approximate surface area is 164 Å². The number of rotatable bonds is 5. The molecule has 0 atom stereocenters. The molecule has 2 nitrogen and oxygen atoms in total. The molecule has 0 aliphatic carbocycles. The third-order valence-corrected chi connectivity index (χ3v) is 3.77. The van der Waals surface area contributed by atoms with Crippen molar-refractivity contribution in [1.82, 2.24) is 4.90 Å². The molecule has 0 saturated heterocycles. The number of nitrogens with zero attached hydrogens (tertiary/aromatic N) is 1. The Hall–Kier alpha value is -0.706. The monoisotopic (exact) mass is 437 g/mol. The molecule has 0 amide bonds. The van der Waals surface area contributed by atoms with E-state index in [1.807, 2.05) is 11.8 Å². The van der Waals surface area contributed by atoms with Crippen LogP contribution in [0.25, 0.3) is 5.70 Å². The number of halogens is 2. The van der Waals surface area contributed by atoms with E-state index in [0.717, 1.165) is 10.2 Å². The molecular weight excluding hydrogens is 422 g/mol. The van der Waals surface area contributed by atoms with E-state index >= 15 is 0 Å².